The maximum absolute atomic E-state index is 13.3. The molecule has 28 heavy (non-hydrogen) atoms. The number of benzene rings is 2. The van der Waals surface area contributed by atoms with Crippen LogP contribution >= 0.6 is 0 Å². The van der Waals surface area contributed by atoms with Gasteiger partial charge in [-0.2, -0.15) is 0 Å². The molecule has 3 aromatic rings. The largest absolute Gasteiger partial charge is 0.385 e. The van der Waals surface area contributed by atoms with Crippen molar-refractivity contribution in [1.29, 1.82) is 0 Å². The third-order valence-corrected chi connectivity index (χ3v) is 5.40. The van der Waals surface area contributed by atoms with Crippen molar-refractivity contribution in [3.05, 3.63) is 87.8 Å². The summed E-state index contributed by atoms with van der Waals surface area (Å²) >= 11 is 0. The Kier molecular flexibility index (Phi) is 5.74. The molecule has 0 radical (unpaired) electrons. The van der Waals surface area contributed by atoms with Gasteiger partial charge in [-0.1, -0.05) is 48.5 Å². The minimum absolute atomic E-state index is 0.119. The number of methoxy groups -OCH3 is 1. The molecule has 0 N–H and O–H groups in total. The topological polar surface area (TPSA) is 39.4 Å². The SMILES string of the molecule is COCCCN1CCc2c(n(Cc3ccccc3)n(-c3ccccc3)c2=O)C1. The average molecular weight is 377 g/mol. The Bertz CT molecular complexity index is 961. The zero-order chi connectivity index (χ0) is 19.3. The van der Waals surface area contributed by atoms with Gasteiger partial charge >= 0.3 is 0 Å². The summed E-state index contributed by atoms with van der Waals surface area (Å²) in [6.45, 7) is 4.18. The zero-order valence-electron chi connectivity index (χ0n) is 16.4. The molecule has 5 nitrogen and oxygen atoms in total. The van der Waals surface area contributed by atoms with Gasteiger partial charge in [0.25, 0.3) is 5.56 Å². The van der Waals surface area contributed by atoms with Crippen molar-refractivity contribution in [3.8, 4) is 5.69 Å². The normalized spacial score (nSPS) is 14.2. The molecule has 0 amide bonds. The van der Waals surface area contributed by atoms with E-state index in [1.807, 2.05) is 53.2 Å². The molecule has 0 bridgehead atoms. The molecule has 0 unspecified atom stereocenters. The van der Waals surface area contributed by atoms with Gasteiger partial charge in [0.05, 0.1) is 17.9 Å². The maximum Gasteiger partial charge on any atom is 0.274 e. The fourth-order valence-electron chi connectivity index (χ4n) is 4.00. The Hall–Kier alpha value is -2.63. The molecule has 4 rings (SSSR count). The van der Waals surface area contributed by atoms with Gasteiger partial charge in [0, 0.05) is 38.9 Å². The summed E-state index contributed by atoms with van der Waals surface area (Å²) in [4.78, 5) is 15.7. The summed E-state index contributed by atoms with van der Waals surface area (Å²) in [5.74, 6) is 0. The quantitative estimate of drug-likeness (QED) is 0.594. The molecule has 0 saturated heterocycles. The molecule has 1 aliphatic rings. The third kappa shape index (κ3) is 3.81. The number of hydrogen-bond donors (Lipinski definition) is 0. The van der Waals surface area contributed by atoms with E-state index in [0.717, 1.165) is 56.0 Å². The number of fused-ring (bicyclic) bond motifs is 1. The third-order valence-electron chi connectivity index (χ3n) is 5.40. The van der Waals surface area contributed by atoms with E-state index >= 15 is 0 Å². The van der Waals surface area contributed by atoms with Crippen molar-refractivity contribution < 1.29 is 4.74 Å². The van der Waals surface area contributed by atoms with Crippen LogP contribution in [0.4, 0.5) is 0 Å². The van der Waals surface area contributed by atoms with Crippen LogP contribution in [0.5, 0.6) is 0 Å². The highest BCUT2D eigenvalue weighted by Gasteiger charge is 2.26. The van der Waals surface area contributed by atoms with Crippen molar-refractivity contribution in [2.45, 2.75) is 25.9 Å². The van der Waals surface area contributed by atoms with Crippen molar-refractivity contribution in [2.24, 2.45) is 0 Å². The standard InChI is InChI=1S/C23H27N3O2/c1-28-16-8-14-24-15-13-21-22(18-24)25(17-19-9-4-2-5-10-19)26(23(21)27)20-11-6-3-7-12-20/h2-7,9-12H,8,13-18H2,1H3. The summed E-state index contributed by atoms with van der Waals surface area (Å²) in [7, 11) is 1.74. The molecule has 0 atom stereocenters. The highest BCUT2D eigenvalue weighted by Crippen LogP contribution is 2.21. The lowest BCUT2D eigenvalue weighted by Gasteiger charge is -2.27. The second-order valence-electron chi connectivity index (χ2n) is 7.29. The number of hydrogen-bond acceptors (Lipinski definition) is 3. The average Bonchev–Trinajstić information content (AvgIpc) is 3.01. The Balaban J connectivity index is 1.74. The lowest BCUT2D eigenvalue weighted by Crippen LogP contribution is -2.33. The first kappa shape index (κ1) is 18.7. The minimum Gasteiger partial charge on any atom is -0.385 e. The molecule has 1 aliphatic heterocycles. The number of ether oxygens (including phenoxy) is 1. The summed E-state index contributed by atoms with van der Waals surface area (Å²) in [5, 5.41) is 0. The van der Waals surface area contributed by atoms with Gasteiger partial charge in [0.1, 0.15) is 0 Å². The fourth-order valence-corrected chi connectivity index (χ4v) is 4.00. The van der Waals surface area contributed by atoms with Crippen LogP contribution < -0.4 is 5.56 Å². The van der Waals surface area contributed by atoms with E-state index in [1.54, 1.807) is 7.11 Å². The first-order valence-electron chi connectivity index (χ1n) is 9.92. The smallest absolute Gasteiger partial charge is 0.274 e. The molecule has 0 aliphatic carbocycles. The van der Waals surface area contributed by atoms with Crippen LogP contribution in [0.25, 0.3) is 5.69 Å². The maximum atomic E-state index is 13.3. The van der Waals surface area contributed by atoms with Crippen LogP contribution in [0, 0.1) is 0 Å². The van der Waals surface area contributed by atoms with Gasteiger partial charge < -0.3 is 4.74 Å². The summed E-state index contributed by atoms with van der Waals surface area (Å²) in [6, 6.07) is 20.3. The van der Waals surface area contributed by atoms with Gasteiger partial charge in [0.15, 0.2) is 0 Å². The predicted molar refractivity (Wildman–Crippen MR) is 111 cm³/mol. The van der Waals surface area contributed by atoms with Crippen LogP contribution in [0.1, 0.15) is 23.2 Å². The van der Waals surface area contributed by atoms with Gasteiger partial charge in [-0.25, -0.2) is 4.68 Å². The molecule has 1 aromatic heterocycles. The summed E-state index contributed by atoms with van der Waals surface area (Å²) in [5.41, 5.74) is 4.34. The lowest BCUT2D eigenvalue weighted by molar-refractivity contribution is 0.165. The highest BCUT2D eigenvalue weighted by molar-refractivity contribution is 5.35. The van der Waals surface area contributed by atoms with E-state index in [9.17, 15) is 4.79 Å². The van der Waals surface area contributed by atoms with Gasteiger partial charge in [-0.15, -0.1) is 0 Å². The molecule has 5 heteroatoms. The number of rotatable bonds is 7. The van der Waals surface area contributed by atoms with E-state index in [2.05, 4.69) is 21.7 Å². The van der Waals surface area contributed by atoms with Gasteiger partial charge in [-0.05, 0) is 30.5 Å². The van der Waals surface area contributed by atoms with E-state index < -0.39 is 0 Å². The molecule has 0 saturated carbocycles. The van der Waals surface area contributed by atoms with Crippen LogP contribution in [0.3, 0.4) is 0 Å². The van der Waals surface area contributed by atoms with Crippen molar-refractivity contribution in [1.82, 2.24) is 14.3 Å². The Labute approximate surface area is 165 Å². The molecular weight excluding hydrogens is 350 g/mol. The van der Waals surface area contributed by atoms with Gasteiger partial charge in [-0.3, -0.25) is 14.4 Å². The fraction of sp³-hybridized carbons (Fsp3) is 0.348. The molecule has 146 valence electrons. The molecule has 0 spiro atoms. The van der Waals surface area contributed by atoms with Crippen molar-refractivity contribution >= 4 is 0 Å². The van der Waals surface area contributed by atoms with Crippen LogP contribution in [-0.2, 0) is 24.2 Å². The number of nitrogens with zero attached hydrogens (tertiary/aromatic N) is 3. The first-order valence-corrected chi connectivity index (χ1v) is 9.92. The number of para-hydroxylation sites is 1. The number of aromatic nitrogens is 2. The summed E-state index contributed by atoms with van der Waals surface area (Å²) in [6.07, 6.45) is 1.81. The van der Waals surface area contributed by atoms with Crippen molar-refractivity contribution in [2.75, 3.05) is 26.8 Å². The van der Waals surface area contributed by atoms with E-state index in [0.29, 0.717) is 6.54 Å². The van der Waals surface area contributed by atoms with E-state index in [1.165, 1.54) is 5.56 Å². The minimum atomic E-state index is 0.119. The lowest BCUT2D eigenvalue weighted by atomic mass is 10.1. The van der Waals surface area contributed by atoms with Gasteiger partial charge in [0.2, 0.25) is 0 Å². The van der Waals surface area contributed by atoms with Crippen molar-refractivity contribution in [3.63, 3.8) is 0 Å². The second kappa shape index (κ2) is 8.59. The molecule has 2 heterocycles. The molecular formula is C23H27N3O2. The molecule has 2 aromatic carbocycles. The van der Waals surface area contributed by atoms with Crippen LogP contribution in [0.15, 0.2) is 65.5 Å². The Morgan fingerprint density at radius 1 is 1.00 bits per heavy atom. The predicted octanol–water partition coefficient (Wildman–Crippen LogP) is 3.08. The van der Waals surface area contributed by atoms with Crippen LogP contribution in [-0.4, -0.2) is 41.1 Å². The second-order valence-corrected chi connectivity index (χ2v) is 7.29. The zero-order valence-corrected chi connectivity index (χ0v) is 16.4. The first-order chi connectivity index (χ1) is 13.8. The Morgan fingerprint density at radius 2 is 1.71 bits per heavy atom. The summed E-state index contributed by atoms with van der Waals surface area (Å²) < 4.78 is 9.23. The Morgan fingerprint density at radius 3 is 2.43 bits per heavy atom. The monoisotopic (exact) mass is 377 g/mol. The van der Waals surface area contributed by atoms with E-state index in [-0.39, 0.29) is 5.56 Å². The highest BCUT2D eigenvalue weighted by atomic mass is 16.5. The molecule has 0 fully saturated rings. The van der Waals surface area contributed by atoms with E-state index in [4.69, 9.17) is 4.74 Å². The van der Waals surface area contributed by atoms with Crippen LogP contribution in [0.2, 0.25) is 0 Å².